The molecule has 1 atom stereocenters. The number of primary sulfonamides is 1. The van der Waals surface area contributed by atoms with E-state index in [0.29, 0.717) is 11.3 Å². The van der Waals surface area contributed by atoms with Gasteiger partial charge in [-0.3, -0.25) is 4.99 Å². The van der Waals surface area contributed by atoms with Crippen molar-refractivity contribution in [2.75, 3.05) is 7.11 Å². The van der Waals surface area contributed by atoms with Gasteiger partial charge in [-0.05, 0) is 36.8 Å². The molecule has 2 aromatic rings. The van der Waals surface area contributed by atoms with E-state index in [4.69, 9.17) is 9.88 Å². The first-order valence-corrected chi connectivity index (χ1v) is 8.39. The minimum absolute atomic E-state index is 0.0236. The van der Waals surface area contributed by atoms with Crippen molar-refractivity contribution in [1.82, 2.24) is 0 Å². The number of methoxy groups -OCH3 is 1. The summed E-state index contributed by atoms with van der Waals surface area (Å²) in [5, 5.41) is 15.1. The van der Waals surface area contributed by atoms with Gasteiger partial charge in [0.2, 0.25) is 10.0 Å². The molecule has 0 amide bonds. The third-order valence-corrected chi connectivity index (χ3v) is 4.31. The average Bonchev–Trinajstić information content (AvgIpc) is 2.53. The molecule has 0 aliphatic carbocycles. The van der Waals surface area contributed by atoms with Crippen molar-refractivity contribution in [2.45, 2.75) is 17.9 Å². The van der Waals surface area contributed by atoms with E-state index in [9.17, 15) is 13.5 Å². The number of para-hydroxylation sites is 1. The molecule has 7 heteroatoms. The number of sulfonamides is 1. The van der Waals surface area contributed by atoms with Crippen LogP contribution < -0.4 is 9.88 Å². The highest BCUT2D eigenvalue weighted by Crippen LogP contribution is 2.28. The SMILES string of the molecule is COc1cccc(C=N[C@@H](C)c2ccc(S(N)(=O)=O)cc2)c1O. The van der Waals surface area contributed by atoms with Crippen LogP contribution in [0.1, 0.15) is 24.1 Å². The first kappa shape index (κ1) is 17.0. The van der Waals surface area contributed by atoms with Crippen molar-refractivity contribution in [3.05, 3.63) is 53.6 Å². The molecule has 122 valence electrons. The highest BCUT2D eigenvalue weighted by atomic mass is 32.2. The number of phenols is 1. The lowest BCUT2D eigenvalue weighted by Crippen LogP contribution is -2.12. The van der Waals surface area contributed by atoms with Gasteiger partial charge >= 0.3 is 0 Å². The van der Waals surface area contributed by atoms with Crippen molar-refractivity contribution in [3.8, 4) is 11.5 Å². The van der Waals surface area contributed by atoms with Gasteiger partial charge in [-0.2, -0.15) is 0 Å². The van der Waals surface area contributed by atoms with Gasteiger partial charge in [-0.1, -0.05) is 18.2 Å². The van der Waals surface area contributed by atoms with Gasteiger partial charge in [0.15, 0.2) is 11.5 Å². The van der Waals surface area contributed by atoms with E-state index in [1.165, 1.54) is 19.2 Å². The molecule has 0 spiro atoms. The summed E-state index contributed by atoms with van der Waals surface area (Å²) in [7, 11) is -2.22. The first-order chi connectivity index (χ1) is 10.8. The number of rotatable bonds is 5. The van der Waals surface area contributed by atoms with E-state index in [1.807, 2.05) is 6.92 Å². The maximum atomic E-state index is 11.2. The van der Waals surface area contributed by atoms with Crippen LogP contribution in [0.2, 0.25) is 0 Å². The molecular weight excluding hydrogens is 316 g/mol. The molecule has 0 aliphatic rings. The Bertz CT molecular complexity index is 814. The maximum Gasteiger partial charge on any atom is 0.238 e. The summed E-state index contributed by atoms with van der Waals surface area (Å²) in [4.78, 5) is 4.43. The van der Waals surface area contributed by atoms with Crippen LogP contribution >= 0.6 is 0 Å². The lowest BCUT2D eigenvalue weighted by molar-refractivity contribution is 0.373. The molecule has 23 heavy (non-hydrogen) atoms. The zero-order valence-electron chi connectivity index (χ0n) is 12.8. The molecule has 0 bridgehead atoms. The fourth-order valence-electron chi connectivity index (χ4n) is 2.02. The molecule has 3 N–H and O–H groups in total. The minimum Gasteiger partial charge on any atom is -0.504 e. The van der Waals surface area contributed by atoms with Crippen LogP contribution in [0.15, 0.2) is 52.4 Å². The van der Waals surface area contributed by atoms with Gasteiger partial charge in [0.05, 0.1) is 18.0 Å². The quantitative estimate of drug-likeness (QED) is 0.818. The molecule has 0 aliphatic heterocycles. The van der Waals surface area contributed by atoms with Crippen LogP contribution in [0.5, 0.6) is 11.5 Å². The Hall–Kier alpha value is -2.38. The Labute approximate surface area is 135 Å². The van der Waals surface area contributed by atoms with Gasteiger partial charge in [0, 0.05) is 11.8 Å². The Balaban J connectivity index is 2.20. The topological polar surface area (TPSA) is 102 Å². The van der Waals surface area contributed by atoms with Crippen molar-refractivity contribution in [1.29, 1.82) is 0 Å². The number of nitrogens with two attached hydrogens (primary N) is 1. The summed E-state index contributed by atoms with van der Waals surface area (Å²) in [6.45, 7) is 1.86. The largest absolute Gasteiger partial charge is 0.504 e. The van der Waals surface area contributed by atoms with E-state index in [2.05, 4.69) is 4.99 Å². The number of aliphatic imine (C=N–C) groups is 1. The second-order valence-electron chi connectivity index (χ2n) is 4.97. The van der Waals surface area contributed by atoms with Crippen molar-refractivity contribution < 1.29 is 18.3 Å². The van der Waals surface area contributed by atoms with E-state index >= 15 is 0 Å². The van der Waals surface area contributed by atoms with Crippen LogP contribution in [0, 0.1) is 0 Å². The van der Waals surface area contributed by atoms with Gasteiger partial charge < -0.3 is 9.84 Å². The molecule has 0 heterocycles. The number of hydrogen-bond donors (Lipinski definition) is 2. The third-order valence-electron chi connectivity index (χ3n) is 3.38. The molecule has 2 aromatic carbocycles. The standard InChI is InChI=1S/C16H18N2O4S/c1-11(12-6-8-14(9-7-12)23(17,20)21)18-10-13-4-3-5-15(22-2)16(13)19/h3-11,19H,1-2H3,(H2,17,20,21)/t11-/m0/s1. The van der Waals surface area contributed by atoms with Crippen molar-refractivity contribution in [3.63, 3.8) is 0 Å². The Morgan fingerprint density at radius 3 is 2.43 bits per heavy atom. The number of benzene rings is 2. The van der Waals surface area contributed by atoms with Crippen molar-refractivity contribution in [2.24, 2.45) is 10.1 Å². The van der Waals surface area contributed by atoms with Gasteiger partial charge in [0.25, 0.3) is 0 Å². The highest BCUT2D eigenvalue weighted by Gasteiger charge is 2.10. The van der Waals surface area contributed by atoms with Gasteiger partial charge in [-0.25, -0.2) is 13.6 Å². The smallest absolute Gasteiger partial charge is 0.238 e. The Kier molecular flexibility index (Phi) is 5.02. The summed E-state index contributed by atoms with van der Waals surface area (Å²) in [5.74, 6) is 0.398. The number of hydrogen-bond acceptors (Lipinski definition) is 5. The zero-order chi connectivity index (χ0) is 17.0. The number of nitrogens with zero attached hydrogens (tertiary/aromatic N) is 1. The molecule has 0 aromatic heterocycles. The summed E-state index contributed by atoms with van der Waals surface area (Å²) in [6.07, 6.45) is 1.55. The molecule has 0 saturated carbocycles. The van der Waals surface area contributed by atoms with Gasteiger partial charge in [0.1, 0.15) is 0 Å². The Morgan fingerprint density at radius 1 is 1.22 bits per heavy atom. The summed E-state index contributed by atoms with van der Waals surface area (Å²) in [6, 6.07) is 11.1. The van der Waals surface area contributed by atoms with Crippen LogP contribution in [0.25, 0.3) is 0 Å². The first-order valence-electron chi connectivity index (χ1n) is 6.85. The second kappa shape index (κ2) is 6.80. The van der Waals surface area contributed by atoms with Crippen molar-refractivity contribution >= 4 is 16.2 Å². The molecule has 0 radical (unpaired) electrons. The highest BCUT2D eigenvalue weighted by molar-refractivity contribution is 7.89. The predicted molar refractivity (Wildman–Crippen MR) is 88.5 cm³/mol. The fourth-order valence-corrected chi connectivity index (χ4v) is 2.54. The van der Waals surface area contributed by atoms with Gasteiger partial charge in [-0.15, -0.1) is 0 Å². The summed E-state index contributed by atoms with van der Waals surface area (Å²) in [5.41, 5.74) is 1.37. The minimum atomic E-state index is -3.70. The second-order valence-corrected chi connectivity index (χ2v) is 6.53. The molecule has 0 saturated heterocycles. The fraction of sp³-hybridized carbons (Fsp3) is 0.188. The maximum absolute atomic E-state index is 11.2. The molecular formula is C16H18N2O4S. The van der Waals surface area contributed by atoms with Crippen LogP contribution in [-0.4, -0.2) is 26.8 Å². The monoisotopic (exact) mass is 334 g/mol. The predicted octanol–water partition coefficient (Wildman–Crippen LogP) is 2.23. The normalized spacial score (nSPS) is 13.2. The van der Waals surface area contributed by atoms with E-state index in [0.717, 1.165) is 5.56 Å². The number of phenolic OH excluding ortho intramolecular Hbond substituents is 1. The summed E-state index contributed by atoms with van der Waals surface area (Å²) < 4.78 is 27.5. The molecule has 0 fully saturated rings. The lowest BCUT2D eigenvalue weighted by atomic mass is 10.1. The zero-order valence-corrected chi connectivity index (χ0v) is 13.6. The summed E-state index contributed by atoms with van der Waals surface area (Å²) >= 11 is 0. The third kappa shape index (κ3) is 4.08. The van der Waals surface area contributed by atoms with E-state index < -0.39 is 10.0 Å². The average molecular weight is 334 g/mol. The number of aromatic hydroxyl groups is 1. The number of ether oxygens (including phenoxy) is 1. The lowest BCUT2D eigenvalue weighted by Gasteiger charge is -2.08. The molecule has 6 nitrogen and oxygen atoms in total. The molecule has 2 rings (SSSR count). The van der Waals surface area contributed by atoms with E-state index in [-0.39, 0.29) is 16.7 Å². The Morgan fingerprint density at radius 2 is 1.87 bits per heavy atom. The van der Waals surface area contributed by atoms with E-state index in [1.54, 1.807) is 36.5 Å². The molecule has 0 unspecified atom stereocenters. The van der Waals surface area contributed by atoms with Crippen LogP contribution in [0.3, 0.4) is 0 Å². The van der Waals surface area contributed by atoms with Crippen LogP contribution in [0.4, 0.5) is 0 Å². The van der Waals surface area contributed by atoms with Crippen LogP contribution in [-0.2, 0) is 10.0 Å².